The Labute approximate surface area is 192 Å². The van der Waals surface area contributed by atoms with Gasteiger partial charge in [-0.3, -0.25) is 9.48 Å². The van der Waals surface area contributed by atoms with E-state index in [4.69, 9.17) is 9.26 Å². The van der Waals surface area contributed by atoms with Crippen LogP contribution in [0, 0.1) is 0 Å². The summed E-state index contributed by atoms with van der Waals surface area (Å²) < 4.78 is 50.6. The van der Waals surface area contributed by atoms with Crippen LogP contribution in [0.1, 0.15) is 34.9 Å². The van der Waals surface area contributed by atoms with Gasteiger partial charge in [0.25, 0.3) is 0 Å². The lowest BCUT2D eigenvalue weighted by molar-refractivity contribution is -0.138. The first kappa shape index (κ1) is 23.1. The Morgan fingerprint density at radius 2 is 1.82 bits per heavy atom. The highest BCUT2D eigenvalue weighted by molar-refractivity contribution is 5.69. The summed E-state index contributed by atoms with van der Waals surface area (Å²) in [5.41, 5.74) is 2.40. The molecule has 0 fully saturated rings. The van der Waals surface area contributed by atoms with Gasteiger partial charge >= 0.3 is 12.1 Å². The maximum atomic E-state index is 12.8. The molecule has 0 radical (unpaired) electrons. The number of nitrogens with zero attached hydrogens (tertiary/aromatic N) is 3. The van der Waals surface area contributed by atoms with Gasteiger partial charge in [-0.1, -0.05) is 29.4 Å². The van der Waals surface area contributed by atoms with Gasteiger partial charge in [0.05, 0.1) is 29.1 Å². The Bertz CT molecular complexity index is 1250. The average molecular weight is 471 g/mol. The van der Waals surface area contributed by atoms with Crippen LogP contribution < -0.4 is 4.74 Å². The largest absolute Gasteiger partial charge is 0.487 e. The molecule has 7 nitrogen and oxygen atoms in total. The van der Waals surface area contributed by atoms with Gasteiger partial charge in [0.15, 0.2) is 0 Å². The zero-order valence-corrected chi connectivity index (χ0v) is 18.0. The van der Waals surface area contributed by atoms with Crippen molar-refractivity contribution in [2.45, 2.75) is 25.1 Å². The molecule has 4 rings (SSSR count). The SMILES string of the molecule is Cn1nc(-c2ccc(C(F)(F)F)cc2)cc1COc1ccc([C@H](CC(=O)O)c2ccon2)cc1. The van der Waals surface area contributed by atoms with Crippen LogP contribution in [0.2, 0.25) is 0 Å². The van der Waals surface area contributed by atoms with Crippen molar-refractivity contribution in [2.24, 2.45) is 7.05 Å². The number of alkyl halides is 3. The molecular formula is C24H20F3N3O4. The molecule has 1 atom stereocenters. The fourth-order valence-electron chi connectivity index (χ4n) is 3.54. The average Bonchev–Trinajstić information content (AvgIpc) is 3.46. The van der Waals surface area contributed by atoms with E-state index in [-0.39, 0.29) is 13.0 Å². The van der Waals surface area contributed by atoms with Gasteiger partial charge in [-0.15, -0.1) is 0 Å². The van der Waals surface area contributed by atoms with Gasteiger partial charge in [-0.2, -0.15) is 18.3 Å². The van der Waals surface area contributed by atoms with Gasteiger partial charge in [0, 0.05) is 24.6 Å². The predicted octanol–water partition coefficient (Wildman–Crippen LogP) is 5.28. The van der Waals surface area contributed by atoms with Crippen LogP contribution in [0.25, 0.3) is 11.3 Å². The molecule has 4 aromatic rings. The number of benzene rings is 2. The molecule has 10 heteroatoms. The predicted molar refractivity (Wildman–Crippen MR) is 115 cm³/mol. The summed E-state index contributed by atoms with van der Waals surface area (Å²) in [7, 11) is 1.73. The van der Waals surface area contributed by atoms with E-state index in [1.807, 2.05) is 0 Å². The van der Waals surface area contributed by atoms with Crippen LogP contribution in [0.4, 0.5) is 13.2 Å². The zero-order valence-electron chi connectivity index (χ0n) is 18.0. The Morgan fingerprint density at radius 1 is 1.12 bits per heavy atom. The maximum absolute atomic E-state index is 12.8. The molecule has 0 unspecified atom stereocenters. The number of carboxylic acid groups (broad SMARTS) is 1. The third kappa shape index (κ3) is 5.28. The van der Waals surface area contributed by atoms with Crippen LogP contribution in [0.3, 0.4) is 0 Å². The van der Waals surface area contributed by atoms with E-state index in [9.17, 15) is 23.1 Å². The number of aryl methyl sites for hydroxylation is 1. The smallest absolute Gasteiger partial charge is 0.416 e. The number of aliphatic carboxylic acids is 1. The van der Waals surface area contributed by atoms with E-state index in [0.717, 1.165) is 23.4 Å². The van der Waals surface area contributed by atoms with Crippen LogP contribution in [-0.2, 0) is 24.6 Å². The minimum absolute atomic E-state index is 0.130. The summed E-state index contributed by atoms with van der Waals surface area (Å²) in [4.78, 5) is 11.3. The molecule has 0 bridgehead atoms. The van der Waals surface area contributed by atoms with Crippen molar-refractivity contribution in [3.8, 4) is 17.0 Å². The Hall–Kier alpha value is -4.08. The molecule has 0 spiro atoms. The van der Waals surface area contributed by atoms with Gasteiger partial charge in [-0.25, -0.2) is 0 Å². The van der Waals surface area contributed by atoms with Crippen molar-refractivity contribution in [2.75, 3.05) is 0 Å². The first-order chi connectivity index (χ1) is 16.2. The molecule has 176 valence electrons. The highest BCUT2D eigenvalue weighted by atomic mass is 19.4. The summed E-state index contributed by atoms with van der Waals surface area (Å²) in [5.74, 6) is -0.836. The fourth-order valence-corrected chi connectivity index (χ4v) is 3.54. The summed E-state index contributed by atoms with van der Waals surface area (Å²) in [5, 5.41) is 17.5. The lowest BCUT2D eigenvalue weighted by Gasteiger charge is -2.13. The minimum Gasteiger partial charge on any atom is -0.487 e. The summed E-state index contributed by atoms with van der Waals surface area (Å²) in [6, 6.07) is 15.2. The molecule has 0 saturated heterocycles. The number of carboxylic acids is 1. The lowest BCUT2D eigenvalue weighted by Crippen LogP contribution is -2.08. The van der Waals surface area contributed by atoms with E-state index in [0.29, 0.717) is 22.7 Å². The standard InChI is InChI=1S/C24H20F3N3O4/c1-30-18(12-22(28-30)16-2-6-17(7-3-16)24(25,26)27)14-33-19-8-4-15(5-9-19)20(13-23(31)32)21-10-11-34-29-21/h2-12,20H,13-14H2,1H3,(H,31,32)/t20-/m0/s1. The van der Waals surface area contributed by atoms with Gasteiger partial charge in [0.1, 0.15) is 18.6 Å². The van der Waals surface area contributed by atoms with Gasteiger partial charge < -0.3 is 14.4 Å². The topological polar surface area (TPSA) is 90.4 Å². The number of halogens is 3. The van der Waals surface area contributed by atoms with Crippen LogP contribution in [-0.4, -0.2) is 26.0 Å². The maximum Gasteiger partial charge on any atom is 0.416 e. The second kappa shape index (κ2) is 9.42. The molecule has 0 aliphatic carbocycles. The number of aromatic nitrogens is 3. The highest BCUT2D eigenvalue weighted by Crippen LogP contribution is 2.31. The molecular weight excluding hydrogens is 451 g/mol. The number of hydrogen-bond acceptors (Lipinski definition) is 5. The fraction of sp³-hybridized carbons (Fsp3) is 0.208. The monoisotopic (exact) mass is 471 g/mol. The molecule has 2 heterocycles. The van der Waals surface area contributed by atoms with Crippen molar-refractivity contribution in [3.05, 3.63) is 89.4 Å². The van der Waals surface area contributed by atoms with Gasteiger partial charge in [0.2, 0.25) is 0 Å². The molecule has 1 N–H and O–H groups in total. The molecule has 0 saturated carbocycles. The van der Waals surface area contributed by atoms with E-state index in [2.05, 4.69) is 10.3 Å². The Kier molecular flexibility index (Phi) is 6.40. The highest BCUT2D eigenvalue weighted by Gasteiger charge is 2.30. The van der Waals surface area contributed by atoms with Crippen molar-refractivity contribution < 1.29 is 32.3 Å². The first-order valence-corrected chi connectivity index (χ1v) is 10.3. The summed E-state index contributed by atoms with van der Waals surface area (Å²) >= 11 is 0. The van der Waals surface area contributed by atoms with Crippen molar-refractivity contribution in [1.29, 1.82) is 0 Å². The van der Waals surface area contributed by atoms with E-state index in [1.165, 1.54) is 18.4 Å². The molecule has 0 aliphatic rings. The van der Waals surface area contributed by atoms with E-state index >= 15 is 0 Å². The van der Waals surface area contributed by atoms with Crippen molar-refractivity contribution in [3.63, 3.8) is 0 Å². The molecule has 2 aromatic heterocycles. The molecule has 0 aliphatic heterocycles. The third-order valence-corrected chi connectivity index (χ3v) is 5.35. The Balaban J connectivity index is 1.44. The quantitative estimate of drug-likeness (QED) is 0.376. The van der Waals surface area contributed by atoms with Gasteiger partial charge in [-0.05, 0) is 35.9 Å². The second-order valence-corrected chi connectivity index (χ2v) is 7.65. The number of rotatable bonds is 8. The number of ether oxygens (including phenoxy) is 1. The van der Waals surface area contributed by atoms with E-state index in [1.54, 1.807) is 48.1 Å². The number of carbonyl (C=O) groups is 1. The van der Waals surface area contributed by atoms with Crippen LogP contribution >= 0.6 is 0 Å². The van der Waals surface area contributed by atoms with Crippen molar-refractivity contribution >= 4 is 5.97 Å². The third-order valence-electron chi connectivity index (χ3n) is 5.35. The summed E-state index contributed by atoms with van der Waals surface area (Å²) in [6.07, 6.45) is -3.12. The van der Waals surface area contributed by atoms with Crippen LogP contribution in [0.15, 0.2) is 71.4 Å². The number of hydrogen-bond donors (Lipinski definition) is 1. The first-order valence-electron chi connectivity index (χ1n) is 10.3. The molecule has 2 aromatic carbocycles. The zero-order chi connectivity index (χ0) is 24.3. The van der Waals surface area contributed by atoms with Crippen molar-refractivity contribution in [1.82, 2.24) is 14.9 Å². The minimum atomic E-state index is -4.39. The lowest BCUT2D eigenvalue weighted by atomic mass is 9.92. The molecule has 0 amide bonds. The molecule has 34 heavy (non-hydrogen) atoms. The summed E-state index contributed by atoms with van der Waals surface area (Å²) in [6.45, 7) is 0.186. The van der Waals surface area contributed by atoms with E-state index < -0.39 is 23.6 Å². The second-order valence-electron chi connectivity index (χ2n) is 7.65. The van der Waals surface area contributed by atoms with Crippen LogP contribution in [0.5, 0.6) is 5.75 Å². The Morgan fingerprint density at radius 3 is 2.41 bits per heavy atom. The normalized spacial score (nSPS) is 12.5.